The van der Waals surface area contributed by atoms with Gasteiger partial charge in [-0.15, -0.1) is 4.40 Å². The first-order valence-electron chi connectivity index (χ1n) is 7.73. The van der Waals surface area contributed by atoms with Crippen molar-refractivity contribution in [3.05, 3.63) is 54.0 Å². The second-order valence-electron chi connectivity index (χ2n) is 5.53. The minimum absolute atomic E-state index is 0.00808. The summed E-state index contributed by atoms with van der Waals surface area (Å²) in [6.45, 7) is 2.65. The highest BCUT2D eigenvalue weighted by atomic mass is 32.2. The Morgan fingerprint density at radius 3 is 2.88 bits per heavy atom. The monoisotopic (exact) mass is 371 g/mol. The van der Waals surface area contributed by atoms with E-state index in [4.69, 9.17) is 4.52 Å². The van der Waals surface area contributed by atoms with E-state index in [1.165, 1.54) is 12.1 Å². The van der Waals surface area contributed by atoms with Crippen LogP contribution < -0.4 is 5.32 Å². The lowest BCUT2D eigenvalue weighted by molar-refractivity contribution is 0.0968. The Labute approximate surface area is 148 Å². The molecule has 0 atom stereocenters. The van der Waals surface area contributed by atoms with Crippen molar-refractivity contribution in [2.24, 2.45) is 4.40 Å². The van der Waals surface area contributed by atoms with Crippen LogP contribution in [-0.4, -0.2) is 35.1 Å². The Morgan fingerprint density at radius 1 is 1.31 bits per heavy atom. The second kappa shape index (κ2) is 5.92. The molecule has 0 spiro atoms. The van der Waals surface area contributed by atoms with Crippen molar-refractivity contribution >= 4 is 21.8 Å². The summed E-state index contributed by atoms with van der Waals surface area (Å²) in [7, 11) is -3.80. The molecule has 1 aromatic carbocycles. The van der Waals surface area contributed by atoms with E-state index in [1.54, 1.807) is 35.3 Å². The number of amidine groups is 1. The number of hydrogen-bond donors (Lipinski definition) is 1. The Kier molecular flexibility index (Phi) is 3.69. The topological polar surface area (TPSA) is 119 Å². The van der Waals surface area contributed by atoms with Crippen molar-refractivity contribution in [2.45, 2.75) is 18.4 Å². The molecule has 0 bridgehead atoms. The van der Waals surface area contributed by atoms with Crippen molar-refractivity contribution in [1.29, 1.82) is 0 Å². The average Bonchev–Trinajstić information content (AvgIpc) is 3.33. The van der Waals surface area contributed by atoms with Crippen LogP contribution in [0.2, 0.25) is 0 Å². The molecule has 3 aromatic rings. The molecule has 4 rings (SSSR count). The van der Waals surface area contributed by atoms with Gasteiger partial charge < -0.3 is 9.84 Å². The Balaban J connectivity index is 1.58. The van der Waals surface area contributed by atoms with Crippen LogP contribution in [0, 0.1) is 0 Å². The first-order chi connectivity index (χ1) is 12.5. The molecule has 132 valence electrons. The molecule has 9 nitrogen and oxygen atoms in total. The lowest BCUT2D eigenvalue weighted by Gasteiger charge is -2.02. The van der Waals surface area contributed by atoms with Crippen LogP contribution in [0.5, 0.6) is 0 Å². The third-order valence-electron chi connectivity index (χ3n) is 3.85. The van der Waals surface area contributed by atoms with Gasteiger partial charge in [0.05, 0.1) is 11.8 Å². The molecule has 1 N–H and O–H groups in total. The van der Waals surface area contributed by atoms with Crippen LogP contribution >= 0.6 is 0 Å². The highest BCUT2D eigenvalue weighted by molar-refractivity contribution is 7.90. The molecule has 0 unspecified atom stereocenters. The number of sulfonamides is 1. The SMILES string of the molecule is CCn1cc(-c2cc(C(=O)NC3=NS(=O)(=O)c4ccccc43)no2)cn1. The lowest BCUT2D eigenvalue weighted by Crippen LogP contribution is -2.30. The molecule has 1 amide bonds. The van der Waals surface area contributed by atoms with E-state index in [2.05, 4.69) is 20.0 Å². The van der Waals surface area contributed by atoms with Gasteiger partial charge in [0.2, 0.25) is 0 Å². The number of aryl methyl sites for hydroxylation is 1. The number of nitrogens with zero attached hydrogens (tertiary/aromatic N) is 4. The standard InChI is InChI=1S/C16H13N5O4S/c1-2-21-9-10(8-17-21)13-7-12(19-25-13)16(22)18-15-11-5-3-4-6-14(11)26(23,24)20-15/h3-9H,2H2,1H3,(H,18,20,22). The van der Waals surface area contributed by atoms with Gasteiger partial charge >= 0.3 is 0 Å². The molecule has 1 aliphatic rings. The van der Waals surface area contributed by atoms with E-state index in [0.717, 1.165) is 0 Å². The number of carbonyl (C=O) groups is 1. The first kappa shape index (κ1) is 16.2. The Bertz CT molecular complexity index is 1140. The number of fused-ring (bicyclic) bond motifs is 1. The molecular weight excluding hydrogens is 358 g/mol. The highest BCUT2D eigenvalue weighted by Gasteiger charge is 2.30. The summed E-state index contributed by atoms with van der Waals surface area (Å²) in [5, 5.41) is 10.3. The molecule has 0 saturated heterocycles. The van der Waals surface area contributed by atoms with Crippen LogP contribution in [0.25, 0.3) is 11.3 Å². The van der Waals surface area contributed by atoms with Crippen molar-refractivity contribution in [1.82, 2.24) is 20.3 Å². The summed E-state index contributed by atoms with van der Waals surface area (Å²) in [6, 6.07) is 7.74. The number of aromatic nitrogens is 3. The number of amides is 1. The minimum Gasteiger partial charge on any atom is -0.355 e. The maximum atomic E-state index is 12.4. The zero-order chi connectivity index (χ0) is 18.3. The summed E-state index contributed by atoms with van der Waals surface area (Å²) in [4.78, 5) is 12.5. The molecule has 0 radical (unpaired) electrons. The van der Waals surface area contributed by atoms with Crippen LogP contribution in [0.15, 0.2) is 56.5 Å². The van der Waals surface area contributed by atoms with Gasteiger partial charge in [0.25, 0.3) is 15.9 Å². The quantitative estimate of drug-likeness (QED) is 0.744. The largest absolute Gasteiger partial charge is 0.355 e. The molecule has 2 aromatic heterocycles. The maximum absolute atomic E-state index is 12.4. The van der Waals surface area contributed by atoms with Gasteiger partial charge in [0.1, 0.15) is 4.90 Å². The van der Waals surface area contributed by atoms with E-state index < -0.39 is 15.9 Å². The van der Waals surface area contributed by atoms with Gasteiger partial charge in [-0.05, 0) is 19.1 Å². The van der Waals surface area contributed by atoms with E-state index in [-0.39, 0.29) is 16.4 Å². The summed E-state index contributed by atoms with van der Waals surface area (Å²) in [5.41, 5.74) is 1.03. The smallest absolute Gasteiger partial charge is 0.285 e. The van der Waals surface area contributed by atoms with E-state index in [0.29, 0.717) is 23.4 Å². The van der Waals surface area contributed by atoms with Crippen molar-refractivity contribution in [2.75, 3.05) is 0 Å². The average molecular weight is 371 g/mol. The van der Waals surface area contributed by atoms with Crippen molar-refractivity contribution in [3.8, 4) is 11.3 Å². The fourth-order valence-electron chi connectivity index (χ4n) is 2.55. The molecule has 3 heterocycles. The molecule has 0 saturated carbocycles. The van der Waals surface area contributed by atoms with Gasteiger partial charge in [0.15, 0.2) is 17.3 Å². The van der Waals surface area contributed by atoms with Crippen LogP contribution in [0.4, 0.5) is 0 Å². The molecule has 26 heavy (non-hydrogen) atoms. The van der Waals surface area contributed by atoms with Crippen LogP contribution in [0.1, 0.15) is 23.0 Å². The number of benzene rings is 1. The molecule has 0 aliphatic carbocycles. The predicted molar refractivity (Wildman–Crippen MR) is 91.0 cm³/mol. The fourth-order valence-corrected chi connectivity index (χ4v) is 3.73. The van der Waals surface area contributed by atoms with Crippen LogP contribution in [0.3, 0.4) is 0 Å². The summed E-state index contributed by atoms with van der Waals surface area (Å²) >= 11 is 0. The predicted octanol–water partition coefficient (Wildman–Crippen LogP) is 1.44. The van der Waals surface area contributed by atoms with E-state index in [1.807, 2.05) is 6.92 Å². The van der Waals surface area contributed by atoms with Crippen molar-refractivity contribution in [3.63, 3.8) is 0 Å². The van der Waals surface area contributed by atoms with Gasteiger partial charge in [-0.2, -0.15) is 13.5 Å². The summed E-state index contributed by atoms with van der Waals surface area (Å²) < 4.78 is 34.6. The molecule has 0 fully saturated rings. The van der Waals surface area contributed by atoms with Crippen molar-refractivity contribution < 1.29 is 17.7 Å². The second-order valence-corrected chi connectivity index (χ2v) is 7.10. The number of hydrogen-bond acceptors (Lipinski definition) is 6. The fraction of sp³-hybridized carbons (Fsp3) is 0.125. The highest BCUT2D eigenvalue weighted by Crippen LogP contribution is 2.25. The third kappa shape index (κ3) is 2.69. The molecule has 1 aliphatic heterocycles. The van der Waals surface area contributed by atoms with Crippen LogP contribution in [-0.2, 0) is 16.6 Å². The lowest BCUT2D eigenvalue weighted by atomic mass is 10.2. The number of rotatable bonds is 3. The van der Waals surface area contributed by atoms with E-state index in [9.17, 15) is 13.2 Å². The first-order valence-corrected chi connectivity index (χ1v) is 9.17. The maximum Gasteiger partial charge on any atom is 0.285 e. The molecular formula is C16H13N5O4S. The third-order valence-corrected chi connectivity index (χ3v) is 5.18. The van der Waals surface area contributed by atoms with Gasteiger partial charge in [-0.3, -0.25) is 9.48 Å². The zero-order valence-corrected chi connectivity index (χ0v) is 14.4. The van der Waals surface area contributed by atoms with Gasteiger partial charge in [-0.1, -0.05) is 17.3 Å². The van der Waals surface area contributed by atoms with Gasteiger partial charge in [0, 0.05) is 24.4 Å². The van der Waals surface area contributed by atoms with E-state index >= 15 is 0 Å². The normalized spacial score (nSPS) is 14.7. The number of carbonyl (C=O) groups excluding carboxylic acids is 1. The van der Waals surface area contributed by atoms with Gasteiger partial charge in [-0.25, -0.2) is 0 Å². The number of nitrogens with one attached hydrogen (secondary N) is 1. The summed E-state index contributed by atoms with van der Waals surface area (Å²) in [6.07, 6.45) is 3.38. The minimum atomic E-state index is -3.80. The Morgan fingerprint density at radius 2 is 2.12 bits per heavy atom. The Hall–Kier alpha value is -3.27. The zero-order valence-electron chi connectivity index (χ0n) is 13.6. The molecule has 10 heteroatoms. The summed E-state index contributed by atoms with van der Waals surface area (Å²) in [5.74, 6) is -0.265.